The van der Waals surface area contributed by atoms with Crippen molar-refractivity contribution in [2.75, 3.05) is 0 Å². The molecule has 0 saturated carbocycles. The molecule has 0 saturated heterocycles. The number of benzene rings is 3. The molecule has 0 N–H and O–H groups in total. The van der Waals surface area contributed by atoms with Crippen molar-refractivity contribution in [3.8, 4) is 11.1 Å². The molecule has 3 aromatic rings. The van der Waals surface area contributed by atoms with Crippen molar-refractivity contribution < 1.29 is 4.39 Å². The lowest BCUT2D eigenvalue weighted by Gasteiger charge is -2.08. The number of hydrogen-bond acceptors (Lipinski definition) is 0. The van der Waals surface area contributed by atoms with Crippen molar-refractivity contribution >= 4 is 0 Å². The van der Waals surface area contributed by atoms with E-state index in [-0.39, 0.29) is 5.82 Å². The molecule has 3 rings (SSSR count). The van der Waals surface area contributed by atoms with Gasteiger partial charge in [0.2, 0.25) is 0 Å². The molecule has 3 aromatic carbocycles. The maximum atomic E-state index is 14.3. The van der Waals surface area contributed by atoms with Gasteiger partial charge in [0.15, 0.2) is 0 Å². The van der Waals surface area contributed by atoms with Gasteiger partial charge in [-0.15, -0.1) is 0 Å². The summed E-state index contributed by atoms with van der Waals surface area (Å²) in [5.41, 5.74) is 7.00. The first-order valence-electron chi connectivity index (χ1n) is 11.4. The predicted molar refractivity (Wildman–Crippen MR) is 132 cm³/mol. The van der Waals surface area contributed by atoms with Gasteiger partial charge >= 0.3 is 0 Å². The molecule has 0 unspecified atom stereocenters. The summed E-state index contributed by atoms with van der Waals surface area (Å²) in [7, 11) is 0. The Morgan fingerprint density at radius 1 is 0.581 bits per heavy atom. The van der Waals surface area contributed by atoms with Gasteiger partial charge in [-0.25, -0.2) is 4.39 Å². The molecule has 1 heteroatoms. The maximum absolute atomic E-state index is 14.3. The van der Waals surface area contributed by atoms with Gasteiger partial charge < -0.3 is 0 Å². The Kier molecular flexibility index (Phi) is 8.84. The van der Waals surface area contributed by atoms with E-state index in [4.69, 9.17) is 0 Å². The van der Waals surface area contributed by atoms with E-state index < -0.39 is 0 Å². The Labute approximate surface area is 187 Å². The zero-order chi connectivity index (χ0) is 21.9. The molecule has 0 bridgehead atoms. The monoisotopic (exact) mass is 412 g/mol. The number of hydrogen-bond donors (Lipinski definition) is 0. The van der Waals surface area contributed by atoms with Gasteiger partial charge in [-0.3, -0.25) is 0 Å². The van der Waals surface area contributed by atoms with Crippen LogP contribution in [0.25, 0.3) is 11.1 Å². The standard InChI is InChI=1S/C30H33F/c1-3-5-7-9-24-13-18-27(19-14-24)28-20-15-25(16-21-28)11-12-26-17-22-29(30(31)23-26)10-8-6-4-2/h3-6,13-23H,7-12H2,1-2H3/b5-3+,6-4+. The Hall–Kier alpha value is -2.93. The summed E-state index contributed by atoms with van der Waals surface area (Å²) in [4.78, 5) is 0. The maximum Gasteiger partial charge on any atom is 0.126 e. The molecular formula is C30H33F. The number of aryl methyl sites for hydroxylation is 4. The van der Waals surface area contributed by atoms with E-state index in [0.29, 0.717) is 0 Å². The minimum Gasteiger partial charge on any atom is -0.207 e. The van der Waals surface area contributed by atoms with Crippen LogP contribution in [0.3, 0.4) is 0 Å². The SMILES string of the molecule is C/C=C/CCc1ccc(-c2ccc(CCc3ccc(CC/C=C/C)c(F)c3)cc2)cc1. The van der Waals surface area contributed by atoms with Gasteiger partial charge in [0.1, 0.15) is 5.82 Å². The van der Waals surface area contributed by atoms with Crippen molar-refractivity contribution in [2.24, 2.45) is 0 Å². The van der Waals surface area contributed by atoms with Crippen LogP contribution in [0.2, 0.25) is 0 Å². The topological polar surface area (TPSA) is 0 Å². The second-order valence-corrected chi connectivity index (χ2v) is 8.04. The van der Waals surface area contributed by atoms with Crippen LogP contribution in [-0.4, -0.2) is 0 Å². The average molecular weight is 413 g/mol. The van der Waals surface area contributed by atoms with E-state index in [9.17, 15) is 4.39 Å². The zero-order valence-electron chi connectivity index (χ0n) is 18.8. The molecule has 0 aliphatic heterocycles. The highest BCUT2D eigenvalue weighted by molar-refractivity contribution is 5.64. The van der Waals surface area contributed by atoms with Crippen LogP contribution in [0, 0.1) is 5.82 Å². The summed E-state index contributed by atoms with van der Waals surface area (Å²) < 4.78 is 14.3. The normalized spacial score (nSPS) is 11.6. The van der Waals surface area contributed by atoms with Gasteiger partial charge in [0, 0.05) is 0 Å². The molecule has 0 heterocycles. The van der Waals surface area contributed by atoms with Gasteiger partial charge in [-0.1, -0.05) is 85.0 Å². The van der Waals surface area contributed by atoms with Crippen molar-refractivity contribution in [1.29, 1.82) is 0 Å². The molecule has 0 aliphatic carbocycles. The third-order valence-electron chi connectivity index (χ3n) is 5.71. The first-order valence-corrected chi connectivity index (χ1v) is 11.4. The van der Waals surface area contributed by atoms with E-state index in [1.807, 2.05) is 19.1 Å². The third kappa shape index (κ3) is 7.07. The molecule has 0 spiro atoms. The Balaban J connectivity index is 1.55. The number of halogens is 1. The second-order valence-electron chi connectivity index (χ2n) is 8.04. The number of rotatable bonds is 10. The largest absolute Gasteiger partial charge is 0.207 e. The zero-order valence-corrected chi connectivity index (χ0v) is 18.8. The summed E-state index contributed by atoms with van der Waals surface area (Å²) in [6, 6.07) is 23.4. The van der Waals surface area contributed by atoms with Crippen LogP contribution in [0.5, 0.6) is 0 Å². The first kappa shape index (κ1) is 22.7. The molecule has 0 amide bonds. The van der Waals surface area contributed by atoms with Crippen molar-refractivity contribution in [1.82, 2.24) is 0 Å². The third-order valence-corrected chi connectivity index (χ3v) is 5.71. The highest BCUT2D eigenvalue weighted by Gasteiger charge is 2.05. The highest BCUT2D eigenvalue weighted by Crippen LogP contribution is 2.22. The first-order chi connectivity index (χ1) is 15.2. The van der Waals surface area contributed by atoms with Crippen LogP contribution < -0.4 is 0 Å². The van der Waals surface area contributed by atoms with Gasteiger partial charge in [-0.05, 0) is 91.8 Å². The predicted octanol–water partition coefficient (Wildman–Crippen LogP) is 8.30. The van der Waals surface area contributed by atoms with Crippen LogP contribution >= 0.6 is 0 Å². The van der Waals surface area contributed by atoms with Gasteiger partial charge in [-0.2, -0.15) is 0 Å². The molecule has 0 aliphatic rings. The lowest BCUT2D eigenvalue weighted by molar-refractivity contribution is 0.607. The Bertz CT molecular complexity index is 992. The average Bonchev–Trinajstić information content (AvgIpc) is 2.80. The van der Waals surface area contributed by atoms with Gasteiger partial charge in [0.25, 0.3) is 0 Å². The van der Waals surface area contributed by atoms with Crippen LogP contribution in [0.1, 0.15) is 48.9 Å². The summed E-state index contributed by atoms with van der Waals surface area (Å²) in [5, 5.41) is 0. The quantitative estimate of drug-likeness (QED) is 0.294. The molecule has 0 fully saturated rings. The van der Waals surface area contributed by atoms with E-state index in [1.165, 1.54) is 22.3 Å². The molecule has 0 nitrogen and oxygen atoms in total. The second kappa shape index (κ2) is 12.1. The van der Waals surface area contributed by atoms with Crippen LogP contribution in [0.15, 0.2) is 91.0 Å². The van der Waals surface area contributed by atoms with E-state index in [2.05, 4.69) is 79.7 Å². The van der Waals surface area contributed by atoms with Crippen molar-refractivity contribution in [2.45, 2.75) is 52.4 Å². The fourth-order valence-electron chi connectivity index (χ4n) is 3.79. The summed E-state index contributed by atoms with van der Waals surface area (Å²) in [5.74, 6) is -0.0773. The molecule has 0 atom stereocenters. The smallest absolute Gasteiger partial charge is 0.126 e. The minimum atomic E-state index is -0.0773. The van der Waals surface area contributed by atoms with Gasteiger partial charge in [0.05, 0.1) is 0 Å². The number of allylic oxidation sites excluding steroid dienone is 4. The highest BCUT2D eigenvalue weighted by atomic mass is 19.1. The van der Waals surface area contributed by atoms with Crippen molar-refractivity contribution in [3.63, 3.8) is 0 Å². The molecule has 0 radical (unpaired) electrons. The molecule has 0 aromatic heterocycles. The summed E-state index contributed by atoms with van der Waals surface area (Å²) >= 11 is 0. The molecule has 160 valence electrons. The summed E-state index contributed by atoms with van der Waals surface area (Å²) in [6.07, 6.45) is 14.0. The Morgan fingerprint density at radius 3 is 1.61 bits per heavy atom. The lowest BCUT2D eigenvalue weighted by atomic mass is 9.98. The van der Waals surface area contributed by atoms with Crippen molar-refractivity contribution in [3.05, 3.63) is 119 Å². The molecule has 31 heavy (non-hydrogen) atoms. The van der Waals surface area contributed by atoms with Crippen LogP contribution in [-0.2, 0) is 25.7 Å². The van der Waals surface area contributed by atoms with Crippen LogP contribution in [0.4, 0.5) is 4.39 Å². The van der Waals surface area contributed by atoms with E-state index in [1.54, 1.807) is 6.07 Å². The van der Waals surface area contributed by atoms with E-state index >= 15 is 0 Å². The Morgan fingerprint density at radius 2 is 1.06 bits per heavy atom. The minimum absolute atomic E-state index is 0.0773. The fourth-order valence-corrected chi connectivity index (χ4v) is 3.79. The summed E-state index contributed by atoms with van der Waals surface area (Å²) in [6.45, 7) is 4.06. The molecular weight excluding hydrogens is 379 g/mol. The fraction of sp³-hybridized carbons (Fsp3) is 0.267. The van der Waals surface area contributed by atoms with E-state index in [0.717, 1.165) is 49.7 Å². The lowest BCUT2D eigenvalue weighted by Crippen LogP contribution is -1.96.